The van der Waals surface area contributed by atoms with E-state index in [4.69, 9.17) is 5.73 Å². The Kier molecular flexibility index (Phi) is 4.86. The van der Waals surface area contributed by atoms with Gasteiger partial charge in [-0.2, -0.15) is 0 Å². The van der Waals surface area contributed by atoms with Crippen LogP contribution in [0.1, 0.15) is 19.8 Å². The van der Waals surface area contributed by atoms with Crippen molar-refractivity contribution in [3.05, 3.63) is 0 Å². The van der Waals surface area contributed by atoms with Gasteiger partial charge in [0.2, 0.25) is 5.91 Å². The van der Waals surface area contributed by atoms with Gasteiger partial charge < -0.3 is 10.6 Å². The molecule has 1 unspecified atom stereocenters. The second kappa shape index (κ2) is 5.13. The Bertz CT molecular complexity index is 123. The number of nitrogens with zero attached hydrogens (tertiary/aromatic N) is 1. The highest BCUT2D eigenvalue weighted by Crippen LogP contribution is 2.05. The SMILES string of the molecule is CC(CCC(N)=O)CN(C)C. The van der Waals surface area contributed by atoms with Crippen molar-refractivity contribution in [3.63, 3.8) is 0 Å². The number of hydrogen-bond acceptors (Lipinski definition) is 2. The lowest BCUT2D eigenvalue weighted by Gasteiger charge is -2.15. The smallest absolute Gasteiger partial charge is 0.217 e. The molecule has 11 heavy (non-hydrogen) atoms. The van der Waals surface area contributed by atoms with Gasteiger partial charge in [-0.05, 0) is 26.4 Å². The normalized spacial score (nSPS) is 13.5. The molecule has 0 saturated carbocycles. The molecule has 0 heterocycles. The zero-order valence-corrected chi connectivity index (χ0v) is 7.63. The van der Waals surface area contributed by atoms with E-state index < -0.39 is 0 Å². The molecule has 0 saturated heterocycles. The minimum atomic E-state index is -0.199. The minimum Gasteiger partial charge on any atom is -0.370 e. The van der Waals surface area contributed by atoms with E-state index in [1.807, 2.05) is 14.1 Å². The molecule has 0 aliphatic rings. The predicted octanol–water partition coefficient (Wildman–Crippen LogP) is 0.450. The Morgan fingerprint density at radius 2 is 2.09 bits per heavy atom. The number of carbonyl (C=O) groups excluding carboxylic acids is 1. The molecule has 0 spiro atoms. The molecule has 1 atom stereocenters. The lowest BCUT2D eigenvalue weighted by molar-refractivity contribution is -0.118. The molecule has 1 amide bonds. The third-order valence-corrected chi connectivity index (χ3v) is 1.56. The number of nitrogens with two attached hydrogens (primary N) is 1. The van der Waals surface area contributed by atoms with Gasteiger partial charge in [0.1, 0.15) is 0 Å². The van der Waals surface area contributed by atoms with E-state index in [1.54, 1.807) is 0 Å². The summed E-state index contributed by atoms with van der Waals surface area (Å²) in [7, 11) is 4.06. The number of amides is 1. The van der Waals surface area contributed by atoms with Crippen molar-refractivity contribution in [3.8, 4) is 0 Å². The highest BCUT2D eigenvalue weighted by Gasteiger charge is 2.04. The lowest BCUT2D eigenvalue weighted by atomic mass is 10.1. The van der Waals surface area contributed by atoms with Crippen molar-refractivity contribution in [2.45, 2.75) is 19.8 Å². The number of primary amides is 1. The van der Waals surface area contributed by atoms with Crippen LogP contribution in [0.3, 0.4) is 0 Å². The maximum Gasteiger partial charge on any atom is 0.217 e. The highest BCUT2D eigenvalue weighted by molar-refractivity contribution is 5.73. The zero-order chi connectivity index (χ0) is 8.85. The van der Waals surface area contributed by atoms with Crippen LogP contribution in [0.4, 0.5) is 0 Å². The first-order chi connectivity index (χ1) is 5.02. The van der Waals surface area contributed by atoms with Gasteiger partial charge in [0.05, 0.1) is 0 Å². The van der Waals surface area contributed by atoms with E-state index in [-0.39, 0.29) is 5.91 Å². The maximum absolute atomic E-state index is 10.4. The van der Waals surface area contributed by atoms with Crippen LogP contribution in [-0.4, -0.2) is 31.4 Å². The van der Waals surface area contributed by atoms with Crippen molar-refractivity contribution in [1.29, 1.82) is 0 Å². The molecule has 0 aromatic rings. The molecule has 0 aromatic heterocycles. The van der Waals surface area contributed by atoms with E-state index in [9.17, 15) is 4.79 Å². The van der Waals surface area contributed by atoms with Crippen molar-refractivity contribution in [1.82, 2.24) is 4.90 Å². The summed E-state index contributed by atoms with van der Waals surface area (Å²) in [6, 6.07) is 0. The molecule has 0 aliphatic heterocycles. The third-order valence-electron chi connectivity index (χ3n) is 1.56. The van der Waals surface area contributed by atoms with Crippen LogP contribution < -0.4 is 5.73 Å². The first kappa shape index (κ1) is 10.4. The van der Waals surface area contributed by atoms with E-state index in [1.165, 1.54) is 0 Å². The summed E-state index contributed by atoms with van der Waals surface area (Å²) in [6.07, 6.45) is 1.41. The molecule has 0 bridgehead atoms. The van der Waals surface area contributed by atoms with E-state index in [2.05, 4.69) is 11.8 Å². The summed E-state index contributed by atoms with van der Waals surface area (Å²) in [5.41, 5.74) is 5.02. The number of hydrogen-bond donors (Lipinski definition) is 1. The topological polar surface area (TPSA) is 46.3 Å². The summed E-state index contributed by atoms with van der Waals surface area (Å²) in [5, 5.41) is 0. The van der Waals surface area contributed by atoms with E-state index in [0.29, 0.717) is 12.3 Å². The van der Waals surface area contributed by atoms with Gasteiger partial charge in [0, 0.05) is 13.0 Å². The van der Waals surface area contributed by atoms with Gasteiger partial charge in [-0.25, -0.2) is 0 Å². The molecule has 3 heteroatoms. The second-order valence-corrected chi connectivity index (χ2v) is 3.37. The van der Waals surface area contributed by atoms with Crippen LogP contribution in [0.2, 0.25) is 0 Å². The fourth-order valence-corrected chi connectivity index (χ4v) is 1.10. The Hall–Kier alpha value is -0.570. The second-order valence-electron chi connectivity index (χ2n) is 3.37. The molecule has 0 radical (unpaired) electrons. The Balaban J connectivity index is 3.37. The van der Waals surface area contributed by atoms with E-state index in [0.717, 1.165) is 13.0 Å². The first-order valence-corrected chi connectivity index (χ1v) is 3.95. The van der Waals surface area contributed by atoms with Gasteiger partial charge in [0.25, 0.3) is 0 Å². The van der Waals surface area contributed by atoms with Gasteiger partial charge in [-0.1, -0.05) is 6.92 Å². The minimum absolute atomic E-state index is 0.199. The maximum atomic E-state index is 10.4. The molecule has 0 aromatic carbocycles. The molecule has 0 fully saturated rings. The Labute approximate surface area is 68.6 Å². The summed E-state index contributed by atoms with van der Waals surface area (Å²) in [4.78, 5) is 12.5. The number of rotatable bonds is 5. The molecular formula is C8H18N2O. The van der Waals surface area contributed by atoms with Crippen LogP contribution in [-0.2, 0) is 4.79 Å². The molecule has 0 rings (SSSR count). The third kappa shape index (κ3) is 7.33. The van der Waals surface area contributed by atoms with Crippen LogP contribution in [0, 0.1) is 5.92 Å². The standard InChI is InChI=1S/C8H18N2O/c1-7(6-10(2)3)4-5-8(9)11/h7H,4-6H2,1-3H3,(H2,9,11). The van der Waals surface area contributed by atoms with Crippen molar-refractivity contribution >= 4 is 5.91 Å². The van der Waals surface area contributed by atoms with E-state index >= 15 is 0 Å². The van der Waals surface area contributed by atoms with Crippen LogP contribution >= 0.6 is 0 Å². The number of carbonyl (C=O) groups is 1. The Morgan fingerprint density at radius 3 is 2.45 bits per heavy atom. The largest absolute Gasteiger partial charge is 0.370 e. The van der Waals surface area contributed by atoms with Crippen LogP contribution in [0.25, 0.3) is 0 Å². The van der Waals surface area contributed by atoms with Gasteiger partial charge in [-0.15, -0.1) is 0 Å². The summed E-state index contributed by atoms with van der Waals surface area (Å²) >= 11 is 0. The summed E-state index contributed by atoms with van der Waals surface area (Å²) in [6.45, 7) is 3.15. The quantitative estimate of drug-likeness (QED) is 0.631. The van der Waals surface area contributed by atoms with Gasteiger partial charge >= 0.3 is 0 Å². The predicted molar refractivity (Wildman–Crippen MR) is 46.1 cm³/mol. The molecular weight excluding hydrogens is 140 g/mol. The molecule has 66 valence electrons. The molecule has 3 nitrogen and oxygen atoms in total. The van der Waals surface area contributed by atoms with Crippen molar-refractivity contribution in [2.24, 2.45) is 11.7 Å². The van der Waals surface area contributed by atoms with Crippen LogP contribution in [0.5, 0.6) is 0 Å². The zero-order valence-electron chi connectivity index (χ0n) is 7.63. The average molecular weight is 158 g/mol. The fraction of sp³-hybridized carbons (Fsp3) is 0.875. The average Bonchev–Trinajstić information content (AvgIpc) is 1.82. The van der Waals surface area contributed by atoms with Crippen molar-refractivity contribution < 1.29 is 4.79 Å². The molecule has 0 aliphatic carbocycles. The lowest BCUT2D eigenvalue weighted by Crippen LogP contribution is -2.21. The summed E-state index contributed by atoms with van der Waals surface area (Å²) in [5.74, 6) is 0.355. The fourth-order valence-electron chi connectivity index (χ4n) is 1.10. The highest BCUT2D eigenvalue weighted by atomic mass is 16.1. The monoisotopic (exact) mass is 158 g/mol. The first-order valence-electron chi connectivity index (χ1n) is 3.95. The Morgan fingerprint density at radius 1 is 1.55 bits per heavy atom. The van der Waals surface area contributed by atoms with Crippen LogP contribution in [0.15, 0.2) is 0 Å². The molecule has 2 N–H and O–H groups in total. The van der Waals surface area contributed by atoms with Crippen molar-refractivity contribution in [2.75, 3.05) is 20.6 Å². The summed E-state index contributed by atoms with van der Waals surface area (Å²) < 4.78 is 0. The van der Waals surface area contributed by atoms with Gasteiger partial charge in [-0.3, -0.25) is 4.79 Å². The van der Waals surface area contributed by atoms with Gasteiger partial charge in [0.15, 0.2) is 0 Å².